The molecule has 0 radical (unpaired) electrons. The van der Waals surface area contributed by atoms with Gasteiger partial charge < -0.3 is 5.32 Å². The molecule has 92 valence electrons. The van der Waals surface area contributed by atoms with Crippen LogP contribution in [0.2, 0.25) is 0 Å². The van der Waals surface area contributed by atoms with Crippen molar-refractivity contribution >= 4 is 11.3 Å². The maximum Gasteiger partial charge on any atom is 0.0930 e. The van der Waals surface area contributed by atoms with Crippen molar-refractivity contribution in [3.05, 3.63) is 34.5 Å². The quantitative estimate of drug-likeness (QED) is 0.856. The maximum absolute atomic E-state index is 4.42. The van der Waals surface area contributed by atoms with Crippen LogP contribution in [0.25, 0.3) is 0 Å². The van der Waals surface area contributed by atoms with Crippen molar-refractivity contribution in [2.45, 2.75) is 32.9 Å². The fourth-order valence-electron chi connectivity index (χ4n) is 1.87. The molecule has 17 heavy (non-hydrogen) atoms. The number of nitrogens with one attached hydrogen (secondary N) is 1. The van der Waals surface area contributed by atoms with Crippen LogP contribution in [0.4, 0.5) is 0 Å². The maximum atomic E-state index is 4.42. The highest BCUT2D eigenvalue weighted by molar-refractivity contribution is 7.07. The molecular weight excluding hydrogens is 232 g/mol. The Hall–Kier alpha value is -1.20. The lowest BCUT2D eigenvalue weighted by atomic mass is 10.1. The number of rotatable bonds is 6. The van der Waals surface area contributed by atoms with Gasteiger partial charge in [0.05, 0.1) is 22.9 Å². The average Bonchev–Trinajstić information content (AvgIpc) is 3.00. The van der Waals surface area contributed by atoms with Gasteiger partial charge in [-0.1, -0.05) is 6.92 Å². The van der Waals surface area contributed by atoms with E-state index in [2.05, 4.69) is 40.7 Å². The Kier molecular flexibility index (Phi) is 4.28. The van der Waals surface area contributed by atoms with Crippen LogP contribution in [0.1, 0.15) is 37.7 Å². The number of aromatic nitrogens is 3. The second-order valence-corrected chi connectivity index (χ2v) is 4.59. The second-order valence-electron chi connectivity index (χ2n) is 3.87. The molecular formula is C12H18N4S. The van der Waals surface area contributed by atoms with Gasteiger partial charge in [-0.3, -0.25) is 4.68 Å². The monoisotopic (exact) mass is 250 g/mol. The van der Waals surface area contributed by atoms with E-state index in [1.807, 2.05) is 16.4 Å². The van der Waals surface area contributed by atoms with E-state index in [0.29, 0.717) is 0 Å². The van der Waals surface area contributed by atoms with Crippen molar-refractivity contribution in [3.63, 3.8) is 0 Å². The minimum Gasteiger partial charge on any atom is -0.304 e. The first-order valence-electron chi connectivity index (χ1n) is 6.00. The molecule has 0 aliphatic carbocycles. The predicted octanol–water partition coefficient (Wildman–Crippen LogP) is 2.45. The molecule has 0 saturated heterocycles. The summed E-state index contributed by atoms with van der Waals surface area (Å²) in [6, 6.07) is 2.22. The van der Waals surface area contributed by atoms with Gasteiger partial charge in [-0.2, -0.15) is 5.10 Å². The molecule has 0 aromatic carbocycles. The highest BCUT2D eigenvalue weighted by Crippen LogP contribution is 2.21. The Labute approximate surface area is 106 Å². The highest BCUT2D eigenvalue weighted by atomic mass is 32.1. The lowest BCUT2D eigenvalue weighted by molar-refractivity contribution is 0.523. The average molecular weight is 250 g/mol. The second kappa shape index (κ2) is 5.93. The molecule has 4 nitrogen and oxygen atoms in total. The third-order valence-electron chi connectivity index (χ3n) is 2.69. The molecule has 0 saturated carbocycles. The zero-order valence-electron chi connectivity index (χ0n) is 10.3. The minimum absolute atomic E-state index is 0.156. The molecule has 1 unspecified atom stereocenters. The van der Waals surface area contributed by atoms with Crippen LogP contribution in [-0.2, 0) is 6.54 Å². The van der Waals surface area contributed by atoms with Crippen molar-refractivity contribution in [2.24, 2.45) is 0 Å². The van der Waals surface area contributed by atoms with E-state index >= 15 is 0 Å². The zero-order chi connectivity index (χ0) is 12.1. The fraction of sp³-hybridized carbons (Fsp3) is 0.500. The van der Waals surface area contributed by atoms with E-state index in [9.17, 15) is 0 Å². The van der Waals surface area contributed by atoms with E-state index in [0.717, 1.165) is 25.2 Å². The van der Waals surface area contributed by atoms with Gasteiger partial charge in [0.15, 0.2) is 0 Å². The van der Waals surface area contributed by atoms with Gasteiger partial charge in [0, 0.05) is 18.1 Å². The van der Waals surface area contributed by atoms with Gasteiger partial charge in [-0.15, -0.1) is 11.3 Å². The predicted molar refractivity (Wildman–Crippen MR) is 70.2 cm³/mol. The highest BCUT2D eigenvalue weighted by Gasteiger charge is 2.18. The largest absolute Gasteiger partial charge is 0.304 e. The first kappa shape index (κ1) is 12.3. The number of aryl methyl sites for hydroxylation is 1. The first-order valence-corrected chi connectivity index (χ1v) is 6.94. The van der Waals surface area contributed by atoms with E-state index < -0.39 is 0 Å². The molecule has 2 aromatic heterocycles. The Morgan fingerprint density at radius 1 is 1.47 bits per heavy atom. The summed E-state index contributed by atoms with van der Waals surface area (Å²) in [6.45, 7) is 6.14. The summed E-state index contributed by atoms with van der Waals surface area (Å²) in [5.41, 5.74) is 4.15. The SMILES string of the molecule is CCCNC(c1cscn1)c1ccnn1CC. The van der Waals surface area contributed by atoms with Crippen molar-refractivity contribution in [3.8, 4) is 0 Å². The van der Waals surface area contributed by atoms with Crippen LogP contribution >= 0.6 is 11.3 Å². The standard InChI is InChI=1S/C12H18N4S/c1-3-6-13-12(10-8-17-9-14-10)11-5-7-15-16(11)4-2/h5,7-9,12-13H,3-4,6H2,1-2H3. The number of nitrogens with zero attached hydrogens (tertiary/aromatic N) is 3. The van der Waals surface area contributed by atoms with Gasteiger partial charge in [-0.05, 0) is 26.0 Å². The van der Waals surface area contributed by atoms with Crippen molar-refractivity contribution in [1.82, 2.24) is 20.1 Å². The molecule has 5 heteroatoms. The van der Waals surface area contributed by atoms with Crippen molar-refractivity contribution in [1.29, 1.82) is 0 Å². The van der Waals surface area contributed by atoms with E-state index in [1.54, 1.807) is 11.3 Å². The van der Waals surface area contributed by atoms with E-state index in [1.165, 1.54) is 5.69 Å². The first-order chi connectivity index (χ1) is 8.36. The van der Waals surface area contributed by atoms with Gasteiger partial charge >= 0.3 is 0 Å². The lowest BCUT2D eigenvalue weighted by Gasteiger charge is -2.17. The molecule has 0 spiro atoms. The van der Waals surface area contributed by atoms with Crippen LogP contribution in [0.3, 0.4) is 0 Å². The molecule has 0 aliphatic heterocycles. The lowest BCUT2D eigenvalue weighted by Crippen LogP contribution is -2.26. The van der Waals surface area contributed by atoms with Gasteiger partial charge in [0.2, 0.25) is 0 Å². The Balaban J connectivity index is 2.27. The van der Waals surface area contributed by atoms with Gasteiger partial charge in [-0.25, -0.2) is 4.98 Å². The summed E-state index contributed by atoms with van der Waals surface area (Å²) in [5, 5.41) is 9.96. The molecule has 2 rings (SSSR count). The summed E-state index contributed by atoms with van der Waals surface area (Å²) in [6.07, 6.45) is 2.97. The van der Waals surface area contributed by atoms with Crippen LogP contribution in [0.5, 0.6) is 0 Å². The number of hydrogen-bond donors (Lipinski definition) is 1. The molecule has 1 atom stereocenters. The molecule has 2 heterocycles. The van der Waals surface area contributed by atoms with Crippen LogP contribution in [0, 0.1) is 0 Å². The molecule has 2 aromatic rings. The third kappa shape index (κ3) is 2.73. The summed E-state index contributed by atoms with van der Waals surface area (Å²) >= 11 is 1.63. The topological polar surface area (TPSA) is 42.7 Å². The van der Waals surface area contributed by atoms with E-state index in [4.69, 9.17) is 0 Å². The fourth-order valence-corrected chi connectivity index (χ4v) is 2.45. The minimum atomic E-state index is 0.156. The zero-order valence-corrected chi connectivity index (χ0v) is 11.1. The molecule has 0 aliphatic rings. The smallest absolute Gasteiger partial charge is 0.0930 e. The Morgan fingerprint density at radius 3 is 3.00 bits per heavy atom. The molecule has 0 amide bonds. The summed E-state index contributed by atoms with van der Waals surface area (Å²) in [7, 11) is 0. The summed E-state index contributed by atoms with van der Waals surface area (Å²) < 4.78 is 2.02. The van der Waals surface area contributed by atoms with Gasteiger partial charge in [0.1, 0.15) is 0 Å². The number of hydrogen-bond acceptors (Lipinski definition) is 4. The normalized spacial score (nSPS) is 12.8. The summed E-state index contributed by atoms with van der Waals surface area (Å²) in [5.74, 6) is 0. The van der Waals surface area contributed by atoms with Crippen molar-refractivity contribution < 1.29 is 0 Å². The molecule has 0 bridgehead atoms. The van der Waals surface area contributed by atoms with Crippen molar-refractivity contribution in [2.75, 3.05) is 6.54 Å². The Bertz CT molecular complexity index is 435. The molecule has 0 fully saturated rings. The summed E-state index contributed by atoms with van der Waals surface area (Å²) in [4.78, 5) is 4.42. The number of thiazole rings is 1. The van der Waals surface area contributed by atoms with Gasteiger partial charge in [0.25, 0.3) is 0 Å². The van der Waals surface area contributed by atoms with Crippen LogP contribution in [0.15, 0.2) is 23.2 Å². The van der Waals surface area contributed by atoms with Crippen LogP contribution < -0.4 is 5.32 Å². The van der Waals surface area contributed by atoms with Crippen LogP contribution in [-0.4, -0.2) is 21.3 Å². The van der Waals surface area contributed by atoms with E-state index in [-0.39, 0.29) is 6.04 Å². The molecule has 1 N–H and O–H groups in total. The Morgan fingerprint density at radius 2 is 2.35 bits per heavy atom. The third-order valence-corrected chi connectivity index (χ3v) is 3.30.